The van der Waals surface area contributed by atoms with E-state index in [0.29, 0.717) is 23.7 Å². The molecule has 0 saturated heterocycles. The number of nitrogens with zero attached hydrogens (tertiary/aromatic N) is 3. The lowest BCUT2D eigenvalue weighted by Gasteiger charge is -2.19. The van der Waals surface area contributed by atoms with Crippen LogP contribution in [0.25, 0.3) is 27.9 Å². The fourth-order valence-electron chi connectivity index (χ4n) is 5.06. The van der Waals surface area contributed by atoms with Gasteiger partial charge in [0.05, 0.1) is 29.0 Å². The Balaban J connectivity index is 1.13. The third-order valence-electron chi connectivity index (χ3n) is 7.49. The maximum Gasteiger partial charge on any atom is 0.407 e. The number of ether oxygens (including phenoxy) is 2. The monoisotopic (exact) mass is 718 g/mol. The van der Waals surface area contributed by atoms with E-state index in [2.05, 4.69) is 55.2 Å². The van der Waals surface area contributed by atoms with Crippen molar-refractivity contribution in [3.8, 4) is 28.1 Å². The predicted molar refractivity (Wildman–Crippen MR) is 195 cm³/mol. The zero-order chi connectivity index (χ0) is 34.5. The van der Waals surface area contributed by atoms with Crippen molar-refractivity contribution in [2.75, 3.05) is 17.7 Å². The molecule has 6 aromatic rings. The summed E-state index contributed by atoms with van der Waals surface area (Å²) in [6, 6.07) is 32.6. The number of rotatable bonds is 9. The SMILES string of the molecule is COc1cccc(-c2ccc(-c3cc4c(Br)cnn4c(Nc4ccc(NC(=O)c5ccc(CNC(=O)OC(C)(C)C)cc5)cc4)n3)cc2)c1. The highest BCUT2D eigenvalue weighted by Crippen LogP contribution is 2.30. The number of fused-ring (bicyclic) bond motifs is 1. The minimum Gasteiger partial charge on any atom is -0.497 e. The third-order valence-corrected chi connectivity index (χ3v) is 8.11. The largest absolute Gasteiger partial charge is 0.497 e. The van der Waals surface area contributed by atoms with Crippen LogP contribution in [0.5, 0.6) is 5.75 Å². The van der Waals surface area contributed by atoms with Crippen molar-refractivity contribution in [3.63, 3.8) is 0 Å². The molecule has 0 atom stereocenters. The normalized spacial score (nSPS) is 11.2. The van der Waals surface area contributed by atoms with Gasteiger partial charge in [-0.15, -0.1) is 0 Å². The lowest BCUT2D eigenvalue weighted by atomic mass is 10.0. The lowest BCUT2D eigenvalue weighted by molar-refractivity contribution is 0.0523. The number of alkyl carbamates (subject to hydrolysis) is 1. The number of hydrogen-bond donors (Lipinski definition) is 3. The van der Waals surface area contributed by atoms with Crippen molar-refractivity contribution in [2.24, 2.45) is 0 Å². The van der Waals surface area contributed by atoms with Gasteiger partial charge < -0.3 is 25.4 Å². The molecule has 0 unspecified atom stereocenters. The van der Waals surface area contributed by atoms with Crippen molar-refractivity contribution >= 4 is 50.8 Å². The highest BCUT2D eigenvalue weighted by atomic mass is 79.9. The fraction of sp³-hybridized carbons (Fsp3) is 0.158. The van der Waals surface area contributed by atoms with Crippen LogP contribution in [-0.2, 0) is 11.3 Å². The molecule has 2 aromatic heterocycles. The lowest BCUT2D eigenvalue weighted by Crippen LogP contribution is -2.32. The van der Waals surface area contributed by atoms with E-state index in [0.717, 1.165) is 49.4 Å². The number of hydrogen-bond acceptors (Lipinski definition) is 7. The zero-order valence-corrected chi connectivity index (χ0v) is 29.0. The first-order chi connectivity index (χ1) is 23.5. The molecule has 49 heavy (non-hydrogen) atoms. The van der Waals surface area contributed by atoms with Crippen LogP contribution < -0.4 is 20.7 Å². The van der Waals surface area contributed by atoms with E-state index >= 15 is 0 Å². The van der Waals surface area contributed by atoms with Crippen LogP contribution in [0.3, 0.4) is 0 Å². The quantitative estimate of drug-likeness (QED) is 0.137. The molecule has 0 aliphatic heterocycles. The van der Waals surface area contributed by atoms with Gasteiger partial charge in [0.2, 0.25) is 5.95 Å². The van der Waals surface area contributed by atoms with E-state index in [9.17, 15) is 9.59 Å². The Morgan fingerprint density at radius 1 is 0.837 bits per heavy atom. The van der Waals surface area contributed by atoms with Gasteiger partial charge in [0.1, 0.15) is 11.4 Å². The highest BCUT2D eigenvalue weighted by molar-refractivity contribution is 9.10. The second kappa shape index (κ2) is 14.2. The van der Waals surface area contributed by atoms with Crippen molar-refractivity contribution in [3.05, 3.63) is 125 Å². The van der Waals surface area contributed by atoms with Crippen LogP contribution in [-0.4, -0.2) is 39.3 Å². The number of aromatic nitrogens is 3. The molecule has 0 bridgehead atoms. The number of carbonyl (C=O) groups excluding carboxylic acids is 2. The number of carbonyl (C=O) groups is 2. The zero-order valence-electron chi connectivity index (χ0n) is 27.5. The van der Waals surface area contributed by atoms with Crippen molar-refractivity contribution in [1.82, 2.24) is 19.9 Å². The number of halogens is 1. The van der Waals surface area contributed by atoms with Crippen LogP contribution in [0.1, 0.15) is 36.7 Å². The summed E-state index contributed by atoms with van der Waals surface area (Å²) in [4.78, 5) is 29.8. The first kappa shape index (κ1) is 33.2. The summed E-state index contributed by atoms with van der Waals surface area (Å²) in [7, 11) is 1.66. The number of benzene rings is 4. The van der Waals surface area contributed by atoms with E-state index in [-0.39, 0.29) is 5.91 Å². The molecule has 0 spiro atoms. The van der Waals surface area contributed by atoms with E-state index in [1.165, 1.54) is 0 Å². The number of amides is 2. The Kier molecular flexibility index (Phi) is 9.63. The molecular formula is C38H35BrN6O4. The van der Waals surface area contributed by atoms with Gasteiger partial charge >= 0.3 is 6.09 Å². The number of nitrogens with one attached hydrogen (secondary N) is 3. The van der Waals surface area contributed by atoms with E-state index in [4.69, 9.17) is 14.5 Å². The summed E-state index contributed by atoms with van der Waals surface area (Å²) in [5.41, 5.74) is 6.91. The van der Waals surface area contributed by atoms with Gasteiger partial charge in [0.15, 0.2) is 0 Å². The topological polar surface area (TPSA) is 119 Å². The molecule has 0 fully saturated rings. The number of anilines is 3. The third kappa shape index (κ3) is 8.25. The van der Waals surface area contributed by atoms with Gasteiger partial charge in [-0.05, 0) is 108 Å². The van der Waals surface area contributed by atoms with Gasteiger partial charge in [0.25, 0.3) is 5.91 Å². The molecule has 4 aromatic carbocycles. The molecule has 248 valence electrons. The predicted octanol–water partition coefficient (Wildman–Crippen LogP) is 8.86. The second-order valence-electron chi connectivity index (χ2n) is 12.3. The van der Waals surface area contributed by atoms with Crippen LogP contribution in [0.2, 0.25) is 0 Å². The summed E-state index contributed by atoms with van der Waals surface area (Å²) < 4.78 is 13.2. The van der Waals surface area contributed by atoms with Crippen molar-refractivity contribution in [1.29, 1.82) is 0 Å². The van der Waals surface area contributed by atoms with Crippen LogP contribution in [0.15, 0.2) is 114 Å². The van der Waals surface area contributed by atoms with E-state index in [1.54, 1.807) is 42.1 Å². The van der Waals surface area contributed by atoms with Gasteiger partial charge in [-0.2, -0.15) is 9.61 Å². The van der Waals surface area contributed by atoms with Gasteiger partial charge in [0, 0.05) is 29.0 Å². The maximum atomic E-state index is 12.9. The maximum absolute atomic E-state index is 12.9. The molecule has 0 saturated carbocycles. The summed E-state index contributed by atoms with van der Waals surface area (Å²) in [5, 5.41) is 13.5. The molecule has 0 aliphatic rings. The molecule has 0 radical (unpaired) electrons. The Morgan fingerprint density at radius 3 is 2.22 bits per heavy atom. The molecule has 10 nitrogen and oxygen atoms in total. The van der Waals surface area contributed by atoms with Gasteiger partial charge in [-0.25, -0.2) is 9.78 Å². The molecule has 0 aliphatic carbocycles. The molecule has 3 N–H and O–H groups in total. The Labute approximate surface area is 292 Å². The molecular weight excluding hydrogens is 684 g/mol. The Bertz CT molecular complexity index is 2110. The smallest absolute Gasteiger partial charge is 0.407 e. The Morgan fingerprint density at radius 2 is 1.53 bits per heavy atom. The molecule has 11 heteroatoms. The summed E-state index contributed by atoms with van der Waals surface area (Å²) >= 11 is 3.61. The Hall–Kier alpha value is -5.68. The molecule has 2 amide bonds. The first-order valence-electron chi connectivity index (χ1n) is 15.6. The van der Waals surface area contributed by atoms with Crippen molar-refractivity contribution < 1.29 is 19.1 Å². The summed E-state index contributed by atoms with van der Waals surface area (Å²) in [6.45, 7) is 5.72. The molecule has 2 heterocycles. The van der Waals surface area contributed by atoms with Crippen LogP contribution >= 0.6 is 15.9 Å². The van der Waals surface area contributed by atoms with E-state index in [1.807, 2.05) is 81.4 Å². The minimum atomic E-state index is -0.570. The highest BCUT2D eigenvalue weighted by Gasteiger charge is 2.16. The molecule has 6 rings (SSSR count). The standard InChI is InChI=1S/C38H35BrN6O4/c1-38(2,3)49-37(47)40-22-24-8-10-27(11-9-24)35(46)42-29-16-18-30(19-17-29)43-36-44-33(21-34-32(39)23-41-45(34)36)26-14-12-25(13-15-26)28-6-5-7-31(20-28)48-4/h5-21,23H,22H2,1-4H3,(H,40,47)(H,42,46)(H,43,44). The van der Waals surface area contributed by atoms with Crippen LogP contribution in [0, 0.1) is 0 Å². The minimum absolute atomic E-state index is 0.248. The fourth-order valence-corrected chi connectivity index (χ4v) is 5.43. The van der Waals surface area contributed by atoms with E-state index < -0.39 is 11.7 Å². The first-order valence-corrected chi connectivity index (χ1v) is 16.4. The average Bonchev–Trinajstić information content (AvgIpc) is 3.48. The van der Waals surface area contributed by atoms with Gasteiger partial charge in [-0.1, -0.05) is 48.5 Å². The summed E-state index contributed by atoms with van der Waals surface area (Å²) in [6.07, 6.45) is 1.24. The van der Waals surface area contributed by atoms with Crippen LogP contribution in [0.4, 0.5) is 22.1 Å². The van der Waals surface area contributed by atoms with Crippen molar-refractivity contribution in [2.45, 2.75) is 32.9 Å². The second-order valence-corrected chi connectivity index (χ2v) is 13.1. The van der Waals surface area contributed by atoms with Gasteiger partial charge in [-0.3, -0.25) is 4.79 Å². The average molecular weight is 720 g/mol. The summed E-state index contributed by atoms with van der Waals surface area (Å²) in [5.74, 6) is 1.10. The number of methoxy groups -OCH3 is 1.